The molecule has 3 aromatic rings. The molecular weight excluding hydrogens is 240 g/mol. The van der Waals surface area contributed by atoms with E-state index in [1.54, 1.807) is 18.7 Å². The summed E-state index contributed by atoms with van der Waals surface area (Å²) in [6, 6.07) is 4.23. The fraction of sp³-hybridized carbons (Fsp3) is 0.286. The van der Waals surface area contributed by atoms with E-state index in [0.717, 1.165) is 22.6 Å². The summed E-state index contributed by atoms with van der Waals surface area (Å²) in [5.74, 6) is 0. The van der Waals surface area contributed by atoms with Gasteiger partial charge in [0.15, 0.2) is 0 Å². The highest BCUT2D eigenvalue weighted by atomic mass is 16.3. The van der Waals surface area contributed by atoms with Crippen molar-refractivity contribution >= 4 is 0 Å². The lowest BCUT2D eigenvalue weighted by molar-refractivity contribution is 0.518. The third-order valence-corrected chi connectivity index (χ3v) is 3.20. The summed E-state index contributed by atoms with van der Waals surface area (Å²) in [7, 11) is 0. The van der Waals surface area contributed by atoms with Gasteiger partial charge < -0.3 is 4.42 Å². The Kier molecular flexibility index (Phi) is 2.74. The minimum atomic E-state index is 0.335. The number of hydrogen-bond donors (Lipinski definition) is 0. The van der Waals surface area contributed by atoms with E-state index in [1.807, 2.05) is 27.7 Å². The predicted octanol–water partition coefficient (Wildman–Crippen LogP) is 3.22. The van der Waals surface area contributed by atoms with E-state index in [0.29, 0.717) is 6.04 Å². The van der Waals surface area contributed by atoms with Gasteiger partial charge in [-0.25, -0.2) is 4.68 Å². The lowest BCUT2D eigenvalue weighted by Crippen LogP contribution is -2.06. The monoisotopic (exact) mass is 256 g/mol. The van der Waals surface area contributed by atoms with Crippen molar-refractivity contribution in [1.29, 1.82) is 0 Å². The highest BCUT2D eigenvalue weighted by molar-refractivity contribution is 5.60. The third kappa shape index (κ3) is 1.87. The van der Waals surface area contributed by atoms with Crippen LogP contribution >= 0.6 is 0 Å². The van der Waals surface area contributed by atoms with Gasteiger partial charge in [0.05, 0.1) is 36.3 Å². The lowest BCUT2D eigenvalue weighted by atomic mass is 10.2. The van der Waals surface area contributed by atoms with Crippen molar-refractivity contribution in [2.45, 2.75) is 26.8 Å². The van der Waals surface area contributed by atoms with E-state index in [-0.39, 0.29) is 0 Å². The quantitative estimate of drug-likeness (QED) is 0.723. The fourth-order valence-corrected chi connectivity index (χ4v) is 2.27. The molecule has 0 bridgehead atoms. The first-order valence-electron chi connectivity index (χ1n) is 6.29. The molecule has 19 heavy (non-hydrogen) atoms. The van der Waals surface area contributed by atoms with Crippen molar-refractivity contribution in [1.82, 2.24) is 19.6 Å². The molecule has 0 unspecified atom stereocenters. The van der Waals surface area contributed by atoms with E-state index in [1.165, 1.54) is 0 Å². The van der Waals surface area contributed by atoms with Gasteiger partial charge in [0.2, 0.25) is 0 Å². The van der Waals surface area contributed by atoms with Crippen LogP contribution in [0.4, 0.5) is 0 Å². The molecule has 3 heterocycles. The summed E-state index contributed by atoms with van der Waals surface area (Å²) in [4.78, 5) is 0. The molecule has 0 N–H and O–H groups in total. The lowest BCUT2D eigenvalue weighted by Gasteiger charge is -2.09. The van der Waals surface area contributed by atoms with Crippen LogP contribution in [0.3, 0.4) is 0 Å². The molecule has 3 aromatic heterocycles. The average Bonchev–Trinajstić information content (AvgIpc) is 3.06. The molecule has 0 aromatic carbocycles. The van der Waals surface area contributed by atoms with E-state index in [2.05, 4.69) is 31.0 Å². The van der Waals surface area contributed by atoms with Crippen molar-refractivity contribution in [3.8, 4) is 16.9 Å². The van der Waals surface area contributed by atoms with Gasteiger partial charge >= 0.3 is 0 Å². The molecule has 0 aliphatic heterocycles. The van der Waals surface area contributed by atoms with Crippen LogP contribution in [0.15, 0.2) is 41.5 Å². The number of hydrogen-bond acceptors (Lipinski definition) is 3. The van der Waals surface area contributed by atoms with Crippen LogP contribution in [-0.4, -0.2) is 19.6 Å². The molecule has 0 radical (unpaired) electrons. The predicted molar refractivity (Wildman–Crippen MR) is 72.2 cm³/mol. The zero-order chi connectivity index (χ0) is 13.4. The Balaban J connectivity index is 2.11. The topological polar surface area (TPSA) is 48.8 Å². The zero-order valence-corrected chi connectivity index (χ0v) is 11.2. The maximum Gasteiger partial charge on any atom is 0.106 e. The van der Waals surface area contributed by atoms with E-state index >= 15 is 0 Å². The first kappa shape index (κ1) is 11.8. The molecule has 0 saturated heterocycles. The standard InChI is InChI=1S/C14H16N4O/c1-10(2)17-11(3)14(8-16-17)18-13(4-6-15-18)12-5-7-19-9-12/h4-10H,1-3H3. The van der Waals surface area contributed by atoms with Gasteiger partial charge in [0.1, 0.15) is 5.69 Å². The van der Waals surface area contributed by atoms with Gasteiger partial charge in [-0.2, -0.15) is 10.2 Å². The summed E-state index contributed by atoms with van der Waals surface area (Å²) in [5, 5.41) is 8.82. The summed E-state index contributed by atoms with van der Waals surface area (Å²) in [6.45, 7) is 6.29. The molecule has 0 aliphatic rings. The maximum atomic E-state index is 5.14. The van der Waals surface area contributed by atoms with Gasteiger partial charge in [-0.1, -0.05) is 0 Å². The van der Waals surface area contributed by atoms with Gasteiger partial charge in [-0.15, -0.1) is 0 Å². The SMILES string of the molecule is Cc1c(-n2nccc2-c2ccoc2)cnn1C(C)C. The second-order valence-electron chi connectivity index (χ2n) is 4.79. The van der Waals surface area contributed by atoms with Crippen LogP contribution in [0.5, 0.6) is 0 Å². The molecule has 0 fully saturated rings. The Morgan fingerprint density at radius 3 is 2.68 bits per heavy atom. The fourth-order valence-electron chi connectivity index (χ4n) is 2.27. The Morgan fingerprint density at radius 2 is 2.05 bits per heavy atom. The molecule has 0 spiro atoms. The van der Waals surface area contributed by atoms with Gasteiger partial charge in [0.25, 0.3) is 0 Å². The first-order valence-corrected chi connectivity index (χ1v) is 6.29. The van der Waals surface area contributed by atoms with Crippen LogP contribution in [0.1, 0.15) is 25.6 Å². The molecule has 0 saturated carbocycles. The summed E-state index contributed by atoms with van der Waals surface area (Å²) >= 11 is 0. The van der Waals surface area contributed by atoms with Crippen LogP contribution in [-0.2, 0) is 0 Å². The second-order valence-corrected chi connectivity index (χ2v) is 4.79. The highest BCUT2D eigenvalue weighted by Gasteiger charge is 2.15. The minimum Gasteiger partial charge on any atom is -0.472 e. The Morgan fingerprint density at radius 1 is 1.21 bits per heavy atom. The van der Waals surface area contributed by atoms with Crippen LogP contribution in [0.2, 0.25) is 0 Å². The number of furan rings is 1. The summed E-state index contributed by atoms with van der Waals surface area (Å²) < 4.78 is 9.03. The highest BCUT2D eigenvalue weighted by Crippen LogP contribution is 2.25. The van der Waals surface area contributed by atoms with E-state index in [9.17, 15) is 0 Å². The number of aromatic nitrogens is 4. The maximum absolute atomic E-state index is 5.14. The molecule has 5 nitrogen and oxygen atoms in total. The normalized spacial score (nSPS) is 11.4. The van der Waals surface area contributed by atoms with Gasteiger partial charge in [0, 0.05) is 11.6 Å². The van der Waals surface area contributed by atoms with Crippen LogP contribution in [0.25, 0.3) is 16.9 Å². The van der Waals surface area contributed by atoms with Gasteiger partial charge in [-0.3, -0.25) is 4.68 Å². The van der Waals surface area contributed by atoms with Crippen LogP contribution < -0.4 is 0 Å². The van der Waals surface area contributed by atoms with E-state index < -0.39 is 0 Å². The number of nitrogens with zero attached hydrogens (tertiary/aromatic N) is 4. The Labute approximate surface area is 111 Å². The smallest absolute Gasteiger partial charge is 0.106 e. The molecule has 0 amide bonds. The second kappa shape index (κ2) is 4.42. The van der Waals surface area contributed by atoms with Crippen molar-refractivity contribution < 1.29 is 4.42 Å². The molecule has 5 heteroatoms. The van der Waals surface area contributed by atoms with Crippen molar-refractivity contribution in [2.75, 3.05) is 0 Å². The zero-order valence-electron chi connectivity index (χ0n) is 11.2. The Bertz CT molecular complexity index is 676. The van der Waals surface area contributed by atoms with Crippen molar-refractivity contribution in [2.24, 2.45) is 0 Å². The number of rotatable bonds is 3. The third-order valence-electron chi connectivity index (χ3n) is 3.20. The average molecular weight is 256 g/mol. The first-order chi connectivity index (χ1) is 9.18. The molecule has 0 aliphatic carbocycles. The van der Waals surface area contributed by atoms with Crippen molar-refractivity contribution in [3.63, 3.8) is 0 Å². The summed E-state index contributed by atoms with van der Waals surface area (Å²) in [5.41, 5.74) is 4.10. The molecule has 0 atom stereocenters. The van der Waals surface area contributed by atoms with E-state index in [4.69, 9.17) is 4.42 Å². The Hall–Kier alpha value is -2.30. The molecule has 98 valence electrons. The molecule has 3 rings (SSSR count). The van der Waals surface area contributed by atoms with Crippen molar-refractivity contribution in [3.05, 3.63) is 42.7 Å². The minimum absolute atomic E-state index is 0.335. The largest absolute Gasteiger partial charge is 0.472 e. The molecular formula is C14H16N4O. The van der Waals surface area contributed by atoms with Gasteiger partial charge in [-0.05, 0) is 32.9 Å². The summed E-state index contributed by atoms with van der Waals surface area (Å²) in [6.07, 6.45) is 7.02. The van der Waals surface area contributed by atoms with Crippen LogP contribution in [0, 0.1) is 6.92 Å².